The van der Waals surface area contributed by atoms with Crippen molar-refractivity contribution >= 4 is 16.8 Å². The van der Waals surface area contributed by atoms with Crippen molar-refractivity contribution in [2.75, 3.05) is 0 Å². The van der Waals surface area contributed by atoms with Crippen molar-refractivity contribution in [1.29, 1.82) is 0 Å². The Bertz CT molecular complexity index is 816. The molecule has 2 unspecified atom stereocenters. The van der Waals surface area contributed by atoms with E-state index in [4.69, 9.17) is 5.73 Å². The zero-order valence-electron chi connectivity index (χ0n) is 13.8. The molecule has 2 aromatic rings. The van der Waals surface area contributed by atoms with Crippen LogP contribution in [0, 0.1) is 11.8 Å². The summed E-state index contributed by atoms with van der Waals surface area (Å²) in [5, 5.41) is 4.38. The second-order valence-corrected chi connectivity index (χ2v) is 8.47. The number of nitrogens with two attached hydrogens (primary N) is 1. The smallest absolute Gasteiger partial charge is 0.253 e. The number of carbonyl (C=O) groups is 1. The molecule has 1 heterocycles. The molecule has 0 aliphatic heterocycles. The number of hydrogen-bond acceptors (Lipinski definition) is 3. The highest BCUT2D eigenvalue weighted by Gasteiger charge is 2.56. The van der Waals surface area contributed by atoms with E-state index in [1.165, 1.54) is 6.42 Å². The maximum absolute atomic E-state index is 12.9. The van der Waals surface area contributed by atoms with Crippen LogP contribution >= 0.6 is 0 Å². The molecule has 4 fully saturated rings. The summed E-state index contributed by atoms with van der Waals surface area (Å²) in [7, 11) is 0. The van der Waals surface area contributed by atoms with Crippen molar-refractivity contribution in [3.05, 3.63) is 42.1 Å². The van der Waals surface area contributed by atoms with Crippen molar-refractivity contribution in [2.45, 2.75) is 49.6 Å². The molecule has 124 valence electrons. The monoisotopic (exact) mass is 321 g/mol. The summed E-state index contributed by atoms with van der Waals surface area (Å²) in [5.41, 5.74) is 8.05. The fourth-order valence-electron chi connectivity index (χ4n) is 5.99. The van der Waals surface area contributed by atoms with E-state index in [-0.39, 0.29) is 17.0 Å². The number of hydrogen-bond donors (Lipinski definition) is 2. The van der Waals surface area contributed by atoms with Crippen LogP contribution in [0.4, 0.5) is 0 Å². The third kappa shape index (κ3) is 2.24. The fraction of sp³-hybridized carbons (Fsp3) is 0.500. The standard InChI is InChI=1S/C20H23N3O/c21-19-7-13-5-14(8-19)10-20(9-13,12-19)23-18(24)16-6-15-3-1-2-4-17(15)22-11-16/h1-4,6,11,13-14H,5,7-10,12,21H2,(H,23,24)/t13-,14+,19?,20?. The Labute approximate surface area is 141 Å². The van der Waals surface area contributed by atoms with Crippen LogP contribution < -0.4 is 11.1 Å². The number of para-hydroxylation sites is 1. The molecular weight excluding hydrogens is 298 g/mol. The summed E-state index contributed by atoms with van der Waals surface area (Å²) >= 11 is 0. The first-order valence-corrected chi connectivity index (χ1v) is 8.99. The maximum atomic E-state index is 12.9. The van der Waals surface area contributed by atoms with E-state index in [1.807, 2.05) is 30.3 Å². The minimum atomic E-state index is -0.0957. The normalized spacial score (nSPS) is 36.9. The zero-order valence-corrected chi connectivity index (χ0v) is 13.8. The number of nitrogens with one attached hydrogen (secondary N) is 1. The zero-order chi connectivity index (χ0) is 16.4. The molecule has 0 saturated heterocycles. The van der Waals surface area contributed by atoms with Gasteiger partial charge in [-0.3, -0.25) is 9.78 Å². The molecule has 1 aromatic carbocycles. The predicted molar refractivity (Wildman–Crippen MR) is 93.5 cm³/mol. The van der Waals surface area contributed by atoms with Crippen molar-refractivity contribution in [2.24, 2.45) is 17.6 Å². The summed E-state index contributed by atoms with van der Waals surface area (Å²) in [6.07, 6.45) is 8.38. The van der Waals surface area contributed by atoms with Crippen LogP contribution in [0.15, 0.2) is 36.5 Å². The molecule has 1 amide bonds. The average Bonchev–Trinajstić information content (AvgIpc) is 2.51. The maximum Gasteiger partial charge on any atom is 0.253 e. The quantitative estimate of drug-likeness (QED) is 0.893. The molecule has 4 nitrogen and oxygen atoms in total. The van der Waals surface area contributed by atoms with Crippen LogP contribution in [0.3, 0.4) is 0 Å². The van der Waals surface area contributed by atoms with Gasteiger partial charge in [0.1, 0.15) is 0 Å². The second kappa shape index (κ2) is 4.79. The molecule has 4 saturated carbocycles. The first kappa shape index (κ1) is 14.4. The van der Waals surface area contributed by atoms with E-state index in [0.29, 0.717) is 17.4 Å². The summed E-state index contributed by atoms with van der Waals surface area (Å²) in [4.78, 5) is 17.3. The summed E-state index contributed by atoms with van der Waals surface area (Å²) in [6, 6.07) is 9.84. The van der Waals surface area contributed by atoms with Crippen molar-refractivity contribution in [3.63, 3.8) is 0 Å². The summed E-state index contributed by atoms with van der Waals surface area (Å²) in [5.74, 6) is 1.37. The van der Waals surface area contributed by atoms with Gasteiger partial charge in [0.15, 0.2) is 0 Å². The third-order valence-electron chi connectivity index (χ3n) is 6.34. The van der Waals surface area contributed by atoms with E-state index >= 15 is 0 Å². The number of aromatic nitrogens is 1. The highest BCUT2D eigenvalue weighted by molar-refractivity contribution is 5.97. The molecule has 4 atom stereocenters. The van der Waals surface area contributed by atoms with Gasteiger partial charge < -0.3 is 11.1 Å². The lowest BCUT2D eigenvalue weighted by Gasteiger charge is -2.61. The SMILES string of the molecule is NC12C[C@H]3C[C@@H](C1)CC(NC(=O)c1cnc4ccccc4c1)(C3)C2. The minimum absolute atomic E-state index is 0.00111. The van der Waals surface area contributed by atoms with Gasteiger partial charge in [-0.1, -0.05) is 18.2 Å². The van der Waals surface area contributed by atoms with Gasteiger partial charge in [-0.15, -0.1) is 0 Å². The van der Waals surface area contributed by atoms with Crippen LogP contribution in [0.2, 0.25) is 0 Å². The van der Waals surface area contributed by atoms with E-state index in [2.05, 4.69) is 10.3 Å². The fourth-order valence-corrected chi connectivity index (χ4v) is 5.99. The largest absolute Gasteiger partial charge is 0.346 e. The average molecular weight is 321 g/mol. The minimum Gasteiger partial charge on any atom is -0.346 e. The lowest BCUT2D eigenvalue weighted by Crippen LogP contribution is -2.68. The molecule has 4 aliphatic carbocycles. The molecule has 4 aliphatic rings. The molecular formula is C20H23N3O. The molecule has 0 spiro atoms. The number of amides is 1. The first-order chi connectivity index (χ1) is 11.5. The van der Waals surface area contributed by atoms with Gasteiger partial charge in [0.2, 0.25) is 0 Å². The van der Waals surface area contributed by atoms with Gasteiger partial charge in [-0.25, -0.2) is 0 Å². The number of benzene rings is 1. The molecule has 4 heteroatoms. The van der Waals surface area contributed by atoms with E-state index in [0.717, 1.165) is 43.0 Å². The van der Waals surface area contributed by atoms with Crippen molar-refractivity contribution < 1.29 is 4.79 Å². The van der Waals surface area contributed by atoms with Gasteiger partial charge in [-0.2, -0.15) is 0 Å². The Morgan fingerprint density at radius 1 is 1.17 bits per heavy atom. The van der Waals surface area contributed by atoms with Crippen molar-refractivity contribution in [3.8, 4) is 0 Å². The van der Waals surface area contributed by atoms with Crippen molar-refractivity contribution in [1.82, 2.24) is 10.3 Å². The summed E-state index contributed by atoms with van der Waals surface area (Å²) in [6.45, 7) is 0. The molecule has 24 heavy (non-hydrogen) atoms. The van der Waals surface area contributed by atoms with Gasteiger partial charge >= 0.3 is 0 Å². The molecule has 0 radical (unpaired) electrons. The topological polar surface area (TPSA) is 68.0 Å². The van der Waals surface area contributed by atoms with Crippen LogP contribution in [0.1, 0.15) is 48.9 Å². The highest BCUT2D eigenvalue weighted by Crippen LogP contribution is 2.56. The Hall–Kier alpha value is -1.94. The predicted octanol–water partition coefficient (Wildman–Crippen LogP) is 3.01. The Morgan fingerprint density at radius 2 is 1.92 bits per heavy atom. The van der Waals surface area contributed by atoms with Gasteiger partial charge in [-0.05, 0) is 62.5 Å². The lowest BCUT2D eigenvalue weighted by atomic mass is 9.50. The summed E-state index contributed by atoms with van der Waals surface area (Å²) < 4.78 is 0. The Kier molecular flexibility index (Phi) is 2.88. The molecule has 4 bridgehead atoms. The van der Waals surface area contributed by atoms with Crippen LogP contribution in [-0.4, -0.2) is 22.0 Å². The van der Waals surface area contributed by atoms with Gasteiger partial charge in [0, 0.05) is 22.7 Å². The molecule has 6 rings (SSSR count). The highest BCUT2D eigenvalue weighted by atomic mass is 16.1. The number of carbonyl (C=O) groups excluding carboxylic acids is 1. The van der Waals surface area contributed by atoms with Crippen LogP contribution in [0.5, 0.6) is 0 Å². The van der Waals surface area contributed by atoms with Crippen LogP contribution in [-0.2, 0) is 0 Å². The third-order valence-corrected chi connectivity index (χ3v) is 6.34. The van der Waals surface area contributed by atoms with Gasteiger partial charge in [0.25, 0.3) is 5.91 Å². The first-order valence-electron chi connectivity index (χ1n) is 8.99. The van der Waals surface area contributed by atoms with Gasteiger partial charge in [0.05, 0.1) is 11.1 Å². The Morgan fingerprint density at radius 3 is 2.67 bits per heavy atom. The van der Waals surface area contributed by atoms with E-state index < -0.39 is 0 Å². The number of nitrogens with zero attached hydrogens (tertiary/aromatic N) is 1. The van der Waals surface area contributed by atoms with Crippen LogP contribution in [0.25, 0.3) is 10.9 Å². The van der Waals surface area contributed by atoms with E-state index in [9.17, 15) is 4.79 Å². The van der Waals surface area contributed by atoms with E-state index in [1.54, 1.807) is 6.20 Å². The number of pyridine rings is 1. The number of rotatable bonds is 2. The molecule has 1 aromatic heterocycles. The number of fused-ring (bicyclic) bond motifs is 1. The Balaban J connectivity index is 1.43. The molecule has 3 N–H and O–H groups in total. The lowest BCUT2D eigenvalue weighted by molar-refractivity contribution is -0.0320. The second-order valence-electron chi connectivity index (χ2n) is 8.47.